The molecule has 5 nitrogen and oxygen atoms in total. The number of amides is 1. The van der Waals surface area contributed by atoms with Gasteiger partial charge in [0.2, 0.25) is 17.6 Å². The van der Waals surface area contributed by atoms with Crippen LogP contribution in [0.3, 0.4) is 0 Å². The van der Waals surface area contributed by atoms with Gasteiger partial charge in [0.15, 0.2) is 0 Å². The summed E-state index contributed by atoms with van der Waals surface area (Å²) in [6.07, 6.45) is 2.57. The van der Waals surface area contributed by atoms with E-state index in [1.54, 1.807) is 4.90 Å². The van der Waals surface area contributed by atoms with Crippen LogP contribution in [0.15, 0.2) is 28.8 Å². The second kappa shape index (κ2) is 6.52. The zero-order valence-electron chi connectivity index (χ0n) is 14.0. The number of carbonyl (C=O) groups is 1. The predicted molar refractivity (Wildman–Crippen MR) is 89.0 cm³/mol. The van der Waals surface area contributed by atoms with Crippen molar-refractivity contribution in [3.05, 3.63) is 30.2 Å². The molecule has 1 aromatic heterocycles. The Morgan fingerprint density at radius 1 is 1.30 bits per heavy atom. The molecule has 0 spiro atoms. The maximum atomic E-state index is 11.6. The molecule has 1 amide bonds. The summed E-state index contributed by atoms with van der Waals surface area (Å²) < 4.78 is 5.39. The molecule has 0 aliphatic carbocycles. The van der Waals surface area contributed by atoms with E-state index in [1.807, 2.05) is 24.3 Å². The van der Waals surface area contributed by atoms with Gasteiger partial charge in [0.1, 0.15) is 0 Å². The molecule has 1 unspecified atom stereocenters. The fraction of sp³-hybridized carbons (Fsp3) is 0.500. The molecule has 1 saturated heterocycles. The van der Waals surface area contributed by atoms with Gasteiger partial charge in [-0.15, -0.1) is 0 Å². The van der Waals surface area contributed by atoms with Crippen LogP contribution in [0.1, 0.15) is 39.5 Å². The van der Waals surface area contributed by atoms with Gasteiger partial charge in [-0.3, -0.25) is 4.79 Å². The number of aromatic nitrogens is 2. The largest absolute Gasteiger partial charge is 0.339 e. The number of hydrogen-bond donors (Lipinski definition) is 0. The number of rotatable bonds is 6. The number of anilines is 1. The van der Waals surface area contributed by atoms with Crippen LogP contribution in [-0.2, 0) is 11.2 Å². The quantitative estimate of drug-likeness (QED) is 0.763. The standard InChI is InChI=1S/C18H23N3O2/c1-12(2)9-13(3)10-16-19-18(20-23-16)14-5-4-6-15(11-14)21-8-7-17(21)22/h4-6,11-13H,7-10H2,1-3H3. The van der Waals surface area contributed by atoms with Crippen molar-refractivity contribution >= 4 is 11.6 Å². The molecule has 5 heteroatoms. The van der Waals surface area contributed by atoms with E-state index in [0.29, 0.717) is 30.0 Å². The van der Waals surface area contributed by atoms with Crippen molar-refractivity contribution in [3.63, 3.8) is 0 Å². The van der Waals surface area contributed by atoms with Crippen molar-refractivity contribution < 1.29 is 9.32 Å². The topological polar surface area (TPSA) is 59.2 Å². The fourth-order valence-corrected chi connectivity index (χ4v) is 3.04. The molecule has 0 saturated carbocycles. The highest BCUT2D eigenvalue weighted by Gasteiger charge is 2.25. The first-order valence-electron chi connectivity index (χ1n) is 8.26. The van der Waals surface area contributed by atoms with Crippen molar-refractivity contribution in [1.82, 2.24) is 10.1 Å². The third-order valence-electron chi connectivity index (χ3n) is 4.13. The number of nitrogens with zero attached hydrogens (tertiary/aromatic N) is 3. The molecule has 0 radical (unpaired) electrons. The molecule has 2 heterocycles. The SMILES string of the molecule is CC(C)CC(C)Cc1nc(-c2cccc(N3CCC3=O)c2)no1. The molecule has 1 aromatic carbocycles. The summed E-state index contributed by atoms with van der Waals surface area (Å²) in [7, 11) is 0. The van der Waals surface area contributed by atoms with Crippen LogP contribution in [0.25, 0.3) is 11.4 Å². The summed E-state index contributed by atoms with van der Waals surface area (Å²) in [6, 6.07) is 7.75. The summed E-state index contributed by atoms with van der Waals surface area (Å²) in [4.78, 5) is 17.9. The lowest BCUT2D eigenvalue weighted by Crippen LogP contribution is -2.43. The average molecular weight is 313 g/mol. The summed E-state index contributed by atoms with van der Waals surface area (Å²) in [5, 5.41) is 4.09. The maximum absolute atomic E-state index is 11.6. The Hall–Kier alpha value is -2.17. The van der Waals surface area contributed by atoms with Gasteiger partial charge in [-0.25, -0.2) is 0 Å². The Balaban J connectivity index is 1.72. The maximum Gasteiger partial charge on any atom is 0.228 e. The van der Waals surface area contributed by atoms with Crippen LogP contribution < -0.4 is 4.90 Å². The fourth-order valence-electron chi connectivity index (χ4n) is 3.04. The van der Waals surface area contributed by atoms with Gasteiger partial charge in [-0.05, 0) is 30.4 Å². The van der Waals surface area contributed by atoms with E-state index in [9.17, 15) is 4.79 Å². The Morgan fingerprint density at radius 2 is 2.13 bits per heavy atom. The molecule has 2 aromatic rings. The van der Waals surface area contributed by atoms with Crippen molar-refractivity contribution in [2.24, 2.45) is 11.8 Å². The molecule has 3 rings (SSSR count). The lowest BCUT2D eigenvalue weighted by Gasteiger charge is -2.30. The van der Waals surface area contributed by atoms with Crippen LogP contribution >= 0.6 is 0 Å². The van der Waals surface area contributed by atoms with Crippen molar-refractivity contribution in [1.29, 1.82) is 0 Å². The molecule has 1 aliphatic heterocycles. The Labute approximate surface area is 136 Å². The van der Waals surface area contributed by atoms with Gasteiger partial charge >= 0.3 is 0 Å². The Bertz CT molecular complexity index is 693. The van der Waals surface area contributed by atoms with E-state index < -0.39 is 0 Å². The lowest BCUT2D eigenvalue weighted by atomic mass is 9.96. The number of benzene rings is 1. The van der Waals surface area contributed by atoms with Crippen LogP contribution in [0.2, 0.25) is 0 Å². The number of carbonyl (C=O) groups excluding carboxylic acids is 1. The van der Waals surface area contributed by atoms with Crippen LogP contribution in [-0.4, -0.2) is 22.6 Å². The summed E-state index contributed by atoms with van der Waals surface area (Å²) in [5.74, 6) is 2.62. The zero-order chi connectivity index (χ0) is 16.4. The van der Waals surface area contributed by atoms with Crippen molar-refractivity contribution in [2.45, 2.75) is 40.0 Å². The van der Waals surface area contributed by atoms with E-state index in [-0.39, 0.29) is 5.91 Å². The second-order valence-electron chi connectivity index (χ2n) is 6.80. The zero-order valence-corrected chi connectivity index (χ0v) is 14.0. The minimum absolute atomic E-state index is 0.165. The lowest BCUT2D eigenvalue weighted by molar-refractivity contribution is -0.122. The van der Waals surface area contributed by atoms with Crippen molar-refractivity contribution in [2.75, 3.05) is 11.4 Å². The summed E-state index contributed by atoms with van der Waals surface area (Å²) in [5.41, 5.74) is 1.78. The van der Waals surface area contributed by atoms with Gasteiger partial charge in [-0.2, -0.15) is 4.98 Å². The van der Waals surface area contributed by atoms with E-state index in [0.717, 1.165) is 30.6 Å². The molecule has 1 aliphatic rings. The molecular weight excluding hydrogens is 290 g/mol. The van der Waals surface area contributed by atoms with E-state index in [1.165, 1.54) is 0 Å². The predicted octanol–water partition coefficient (Wildman–Crippen LogP) is 3.70. The number of hydrogen-bond acceptors (Lipinski definition) is 4. The first kappa shape index (κ1) is 15.7. The van der Waals surface area contributed by atoms with Gasteiger partial charge in [0.05, 0.1) is 0 Å². The van der Waals surface area contributed by atoms with E-state index in [2.05, 4.69) is 30.9 Å². The Kier molecular flexibility index (Phi) is 4.46. The molecule has 1 fully saturated rings. The van der Waals surface area contributed by atoms with E-state index >= 15 is 0 Å². The minimum atomic E-state index is 0.165. The highest BCUT2D eigenvalue weighted by Crippen LogP contribution is 2.27. The molecule has 23 heavy (non-hydrogen) atoms. The molecule has 122 valence electrons. The first-order valence-corrected chi connectivity index (χ1v) is 8.26. The van der Waals surface area contributed by atoms with Gasteiger partial charge in [0.25, 0.3) is 0 Å². The third-order valence-corrected chi connectivity index (χ3v) is 4.13. The minimum Gasteiger partial charge on any atom is -0.339 e. The molecule has 1 atom stereocenters. The Morgan fingerprint density at radius 3 is 2.78 bits per heavy atom. The normalized spacial score (nSPS) is 15.8. The smallest absolute Gasteiger partial charge is 0.228 e. The monoisotopic (exact) mass is 313 g/mol. The molecular formula is C18H23N3O2. The molecule has 0 bridgehead atoms. The second-order valence-corrected chi connectivity index (χ2v) is 6.80. The van der Waals surface area contributed by atoms with Gasteiger partial charge in [-0.1, -0.05) is 38.1 Å². The average Bonchev–Trinajstić information content (AvgIpc) is 2.93. The summed E-state index contributed by atoms with van der Waals surface area (Å²) in [6.45, 7) is 7.43. The van der Waals surface area contributed by atoms with E-state index in [4.69, 9.17) is 4.52 Å². The third kappa shape index (κ3) is 3.60. The first-order chi connectivity index (χ1) is 11.0. The molecule has 0 N–H and O–H groups in total. The highest BCUT2D eigenvalue weighted by atomic mass is 16.5. The summed E-state index contributed by atoms with van der Waals surface area (Å²) >= 11 is 0. The number of β-lactam (4-membered cyclic amide) rings is 1. The van der Waals surface area contributed by atoms with Gasteiger partial charge in [0, 0.05) is 30.6 Å². The van der Waals surface area contributed by atoms with Crippen LogP contribution in [0.5, 0.6) is 0 Å². The highest BCUT2D eigenvalue weighted by molar-refractivity contribution is 5.99. The van der Waals surface area contributed by atoms with Gasteiger partial charge < -0.3 is 9.42 Å². The van der Waals surface area contributed by atoms with Crippen LogP contribution in [0.4, 0.5) is 5.69 Å². The van der Waals surface area contributed by atoms with Crippen LogP contribution in [0, 0.1) is 11.8 Å². The van der Waals surface area contributed by atoms with Crippen molar-refractivity contribution in [3.8, 4) is 11.4 Å².